The summed E-state index contributed by atoms with van der Waals surface area (Å²) in [4.78, 5) is 26.5. The van der Waals surface area contributed by atoms with Crippen molar-refractivity contribution < 1.29 is 19.2 Å². The highest BCUT2D eigenvalue weighted by Gasteiger charge is 2.24. The summed E-state index contributed by atoms with van der Waals surface area (Å²) in [5.74, 6) is 0.338. The number of halogens is 1. The SMILES string of the molecule is O=CCCC(=O)OCCCC1NOCCC1CI. The van der Waals surface area contributed by atoms with E-state index in [1.807, 2.05) is 0 Å². The molecule has 18 heavy (non-hydrogen) atoms. The zero-order valence-corrected chi connectivity index (χ0v) is 12.6. The molecule has 0 aromatic carbocycles. The Kier molecular flexibility index (Phi) is 8.53. The number of nitrogens with one attached hydrogen (secondary N) is 1. The zero-order valence-electron chi connectivity index (χ0n) is 10.4. The van der Waals surface area contributed by atoms with E-state index in [2.05, 4.69) is 28.1 Å². The van der Waals surface area contributed by atoms with Gasteiger partial charge in [-0.3, -0.25) is 4.79 Å². The lowest BCUT2D eigenvalue weighted by Gasteiger charge is -2.30. The summed E-state index contributed by atoms with van der Waals surface area (Å²) in [6, 6.07) is 0.351. The van der Waals surface area contributed by atoms with Crippen molar-refractivity contribution in [1.29, 1.82) is 0 Å². The fraction of sp³-hybridized carbons (Fsp3) is 0.833. The Labute approximate surface area is 121 Å². The monoisotopic (exact) mass is 369 g/mol. The number of hydrogen-bond donors (Lipinski definition) is 1. The van der Waals surface area contributed by atoms with Gasteiger partial charge in [-0.25, -0.2) is 0 Å². The minimum absolute atomic E-state index is 0.185. The molecule has 0 aliphatic carbocycles. The van der Waals surface area contributed by atoms with Crippen LogP contribution in [0, 0.1) is 5.92 Å². The van der Waals surface area contributed by atoms with Crippen molar-refractivity contribution in [3.8, 4) is 0 Å². The van der Waals surface area contributed by atoms with Crippen molar-refractivity contribution in [2.75, 3.05) is 17.6 Å². The quantitative estimate of drug-likeness (QED) is 0.232. The Bertz CT molecular complexity index is 262. The van der Waals surface area contributed by atoms with Crippen LogP contribution in [0.1, 0.15) is 32.1 Å². The van der Waals surface area contributed by atoms with Gasteiger partial charge in [0.25, 0.3) is 0 Å². The van der Waals surface area contributed by atoms with Crippen LogP contribution < -0.4 is 5.48 Å². The summed E-state index contributed by atoms with van der Waals surface area (Å²) in [5.41, 5.74) is 3.05. The third-order valence-corrected chi connectivity index (χ3v) is 4.11. The highest BCUT2D eigenvalue weighted by Crippen LogP contribution is 2.20. The first-order valence-corrected chi connectivity index (χ1v) is 7.83. The molecule has 0 radical (unpaired) electrons. The molecule has 5 nitrogen and oxygen atoms in total. The van der Waals surface area contributed by atoms with Gasteiger partial charge in [-0.05, 0) is 25.2 Å². The molecular formula is C12H20INO4. The highest BCUT2D eigenvalue weighted by molar-refractivity contribution is 14.1. The van der Waals surface area contributed by atoms with Gasteiger partial charge in [-0.2, -0.15) is 5.48 Å². The molecule has 0 aromatic rings. The smallest absolute Gasteiger partial charge is 0.306 e. The standard InChI is InChI=1S/C12H20INO4/c13-9-10-5-8-18-14-11(10)3-2-7-17-12(16)4-1-6-15/h6,10-11,14H,1-5,7-9H2. The summed E-state index contributed by atoms with van der Waals surface area (Å²) in [5, 5.41) is 0. The van der Waals surface area contributed by atoms with E-state index >= 15 is 0 Å². The topological polar surface area (TPSA) is 64.6 Å². The molecule has 1 aliphatic heterocycles. The number of alkyl halides is 1. The molecule has 0 saturated carbocycles. The van der Waals surface area contributed by atoms with E-state index in [1.165, 1.54) is 0 Å². The molecule has 0 bridgehead atoms. The maximum atomic E-state index is 11.2. The molecule has 1 aliphatic rings. The van der Waals surface area contributed by atoms with Gasteiger partial charge in [-0.15, -0.1) is 0 Å². The lowest BCUT2D eigenvalue weighted by atomic mass is 9.94. The Morgan fingerprint density at radius 3 is 3.11 bits per heavy atom. The van der Waals surface area contributed by atoms with Crippen molar-refractivity contribution in [3.63, 3.8) is 0 Å². The van der Waals surface area contributed by atoms with Gasteiger partial charge in [0.2, 0.25) is 0 Å². The molecule has 0 amide bonds. The number of hydrogen-bond acceptors (Lipinski definition) is 5. The number of esters is 1. The van der Waals surface area contributed by atoms with E-state index in [4.69, 9.17) is 9.57 Å². The number of aldehydes is 1. The molecule has 0 aromatic heterocycles. The largest absolute Gasteiger partial charge is 0.466 e. The van der Waals surface area contributed by atoms with Crippen LogP contribution >= 0.6 is 22.6 Å². The first-order chi connectivity index (χ1) is 8.77. The van der Waals surface area contributed by atoms with Crippen LogP contribution in [0.3, 0.4) is 0 Å². The highest BCUT2D eigenvalue weighted by atomic mass is 127. The maximum absolute atomic E-state index is 11.2. The minimum Gasteiger partial charge on any atom is -0.466 e. The van der Waals surface area contributed by atoms with Gasteiger partial charge in [0.05, 0.1) is 19.6 Å². The predicted molar refractivity (Wildman–Crippen MR) is 75.4 cm³/mol. The Morgan fingerprint density at radius 2 is 2.39 bits per heavy atom. The van der Waals surface area contributed by atoms with E-state index < -0.39 is 0 Å². The Balaban J connectivity index is 2.09. The molecule has 1 heterocycles. The maximum Gasteiger partial charge on any atom is 0.306 e. The third-order valence-electron chi connectivity index (χ3n) is 2.98. The van der Waals surface area contributed by atoms with Crippen molar-refractivity contribution in [2.45, 2.75) is 38.1 Å². The van der Waals surface area contributed by atoms with E-state index in [1.54, 1.807) is 0 Å². The van der Waals surface area contributed by atoms with E-state index in [0.717, 1.165) is 36.6 Å². The number of rotatable bonds is 8. The molecular weight excluding hydrogens is 349 g/mol. The average molecular weight is 369 g/mol. The fourth-order valence-corrected chi connectivity index (χ4v) is 2.95. The second kappa shape index (κ2) is 9.69. The van der Waals surface area contributed by atoms with Crippen molar-refractivity contribution in [3.05, 3.63) is 0 Å². The first-order valence-electron chi connectivity index (χ1n) is 6.30. The summed E-state index contributed by atoms with van der Waals surface area (Å²) in [6.45, 7) is 1.19. The molecule has 1 fully saturated rings. The predicted octanol–water partition coefficient (Wildman–Crippen LogP) is 1.63. The van der Waals surface area contributed by atoms with Gasteiger partial charge >= 0.3 is 5.97 Å². The molecule has 1 N–H and O–H groups in total. The lowest BCUT2D eigenvalue weighted by molar-refractivity contribution is -0.144. The fourth-order valence-electron chi connectivity index (χ4n) is 1.89. The van der Waals surface area contributed by atoms with Crippen LogP contribution in [0.5, 0.6) is 0 Å². The first kappa shape index (κ1) is 15.8. The number of carbonyl (C=O) groups excluding carboxylic acids is 2. The zero-order chi connectivity index (χ0) is 13.2. The molecule has 2 unspecified atom stereocenters. The molecule has 1 rings (SSSR count). The summed E-state index contributed by atoms with van der Waals surface area (Å²) >= 11 is 2.39. The van der Waals surface area contributed by atoms with Crippen LogP contribution in [0.4, 0.5) is 0 Å². The van der Waals surface area contributed by atoms with Crippen molar-refractivity contribution >= 4 is 34.8 Å². The normalized spacial score (nSPS) is 23.6. The molecule has 104 valence electrons. The summed E-state index contributed by atoms with van der Waals surface area (Å²) in [7, 11) is 0. The van der Waals surface area contributed by atoms with Crippen molar-refractivity contribution in [2.24, 2.45) is 5.92 Å². The third kappa shape index (κ3) is 6.10. The van der Waals surface area contributed by atoms with Crippen molar-refractivity contribution in [1.82, 2.24) is 5.48 Å². The van der Waals surface area contributed by atoms with Crippen LogP contribution in [0.25, 0.3) is 0 Å². The number of ether oxygens (including phenoxy) is 1. The minimum atomic E-state index is -0.291. The van der Waals surface area contributed by atoms with E-state index in [0.29, 0.717) is 18.6 Å². The molecule has 0 spiro atoms. The van der Waals surface area contributed by atoms with E-state index in [-0.39, 0.29) is 18.8 Å². The molecule has 2 atom stereocenters. The Morgan fingerprint density at radius 1 is 1.56 bits per heavy atom. The summed E-state index contributed by atoms with van der Waals surface area (Å²) < 4.78 is 6.14. The van der Waals surface area contributed by atoms with Crippen LogP contribution in [0.2, 0.25) is 0 Å². The van der Waals surface area contributed by atoms with Gasteiger partial charge in [0, 0.05) is 16.9 Å². The summed E-state index contributed by atoms with van der Waals surface area (Å²) in [6.07, 6.45) is 4.00. The Hall–Kier alpha value is -0.210. The van der Waals surface area contributed by atoms with Gasteiger partial charge in [0.15, 0.2) is 0 Å². The molecule has 6 heteroatoms. The van der Waals surface area contributed by atoms with E-state index in [9.17, 15) is 9.59 Å². The second-order valence-electron chi connectivity index (χ2n) is 4.34. The van der Waals surface area contributed by atoms with Gasteiger partial charge < -0.3 is 14.4 Å². The second-order valence-corrected chi connectivity index (χ2v) is 5.22. The van der Waals surface area contributed by atoms with Gasteiger partial charge in [0.1, 0.15) is 6.29 Å². The van der Waals surface area contributed by atoms with Crippen LogP contribution in [-0.4, -0.2) is 35.9 Å². The molecule has 1 saturated heterocycles. The lowest BCUT2D eigenvalue weighted by Crippen LogP contribution is -2.42. The average Bonchev–Trinajstić information content (AvgIpc) is 2.41. The number of carbonyl (C=O) groups is 2. The van der Waals surface area contributed by atoms with Gasteiger partial charge in [-0.1, -0.05) is 22.6 Å². The van der Waals surface area contributed by atoms with Crippen LogP contribution in [-0.2, 0) is 19.2 Å². The van der Waals surface area contributed by atoms with Crippen LogP contribution in [0.15, 0.2) is 0 Å². The number of hydroxylamine groups is 1.